The number of fused-ring (bicyclic) bond motifs is 3. The Labute approximate surface area is 216 Å². The lowest BCUT2D eigenvalue weighted by molar-refractivity contribution is -0.153. The molecule has 1 amide bonds. The molecule has 2 unspecified atom stereocenters. The Hall–Kier alpha value is -4.13. The van der Waals surface area contributed by atoms with Crippen molar-refractivity contribution >= 4 is 28.9 Å². The van der Waals surface area contributed by atoms with Gasteiger partial charge in [-0.05, 0) is 48.7 Å². The van der Waals surface area contributed by atoms with Gasteiger partial charge in [-0.1, -0.05) is 67.9 Å². The molecule has 0 aliphatic carbocycles. The number of ether oxygens (including phenoxy) is 2. The molecule has 0 radical (unpaired) electrons. The minimum atomic E-state index is -1.02. The molecule has 1 aromatic heterocycles. The minimum Gasteiger partial charge on any atom is -0.489 e. The fourth-order valence-electron chi connectivity index (χ4n) is 4.88. The van der Waals surface area contributed by atoms with Crippen LogP contribution in [0, 0.1) is 5.92 Å². The summed E-state index contributed by atoms with van der Waals surface area (Å²) in [5.41, 5.74) is 3.55. The summed E-state index contributed by atoms with van der Waals surface area (Å²) < 4.78 is 13.4. The van der Waals surface area contributed by atoms with Crippen molar-refractivity contribution in [2.75, 3.05) is 18.1 Å². The smallest absolute Gasteiger partial charge is 0.321 e. The van der Waals surface area contributed by atoms with Crippen LogP contribution in [0.15, 0.2) is 78.9 Å². The number of benzene rings is 3. The lowest BCUT2D eigenvalue weighted by Gasteiger charge is -2.38. The number of imidazole rings is 1. The number of aromatic nitrogens is 2. The molecule has 190 valence electrons. The summed E-state index contributed by atoms with van der Waals surface area (Å²) in [5, 5.41) is 0. The SMILES string of the molecule is CCCCN1C(=O)C(C(=O)OCC)C(c2ccc(OCc3ccccc3)cc2)n2c1nc1ccccc12. The van der Waals surface area contributed by atoms with Crippen LogP contribution in [0.25, 0.3) is 11.0 Å². The highest BCUT2D eigenvalue weighted by Gasteiger charge is 2.47. The third kappa shape index (κ3) is 4.81. The molecule has 4 aromatic rings. The fourth-order valence-corrected chi connectivity index (χ4v) is 4.88. The van der Waals surface area contributed by atoms with Gasteiger partial charge >= 0.3 is 5.97 Å². The molecule has 0 fully saturated rings. The van der Waals surface area contributed by atoms with E-state index in [4.69, 9.17) is 14.5 Å². The lowest BCUT2D eigenvalue weighted by Crippen LogP contribution is -2.50. The first kappa shape index (κ1) is 24.6. The summed E-state index contributed by atoms with van der Waals surface area (Å²) in [4.78, 5) is 33.6. The largest absolute Gasteiger partial charge is 0.489 e. The summed E-state index contributed by atoms with van der Waals surface area (Å²) in [6.07, 6.45) is 1.73. The van der Waals surface area contributed by atoms with Gasteiger partial charge in [-0.25, -0.2) is 4.98 Å². The molecule has 0 N–H and O–H groups in total. The zero-order chi connectivity index (χ0) is 25.8. The minimum absolute atomic E-state index is 0.202. The van der Waals surface area contributed by atoms with Gasteiger partial charge in [0.05, 0.1) is 23.7 Å². The predicted octanol–water partition coefficient (Wildman–Crippen LogP) is 5.53. The van der Waals surface area contributed by atoms with Crippen molar-refractivity contribution in [2.45, 2.75) is 39.3 Å². The average molecular weight is 498 g/mol. The van der Waals surface area contributed by atoms with Crippen LogP contribution in [-0.2, 0) is 20.9 Å². The van der Waals surface area contributed by atoms with Crippen LogP contribution < -0.4 is 9.64 Å². The van der Waals surface area contributed by atoms with Gasteiger partial charge in [-0.3, -0.25) is 14.5 Å². The molecule has 3 aromatic carbocycles. The number of carbonyl (C=O) groups is 2. The van der Waals surface area contributed by atoms with E-state index in [1.165, 1.54) is 0 Å². The molecular formula is C30H31N3O4. The quantitative estimate of drug-likeness (QED) is 0.225. The molecule has 5 rings (SSSR count). The highest BCUT2D eigenvalue weighted by Crippen LogP contribution is 2.41. The van der Waals surface area contributed by atoms with Crippen molar-refractivity contribution < 1.29 is 19.1 Å². The molecule has 1 aliphatic heterocycles. The molecule has 0 bridgehead atoms. The molecule has 37 heavy (non-hydrogen) atoms. The van der Waals surface area contributed by atoms with E-state index in [9.17, 15) is 9.59 Å². The van der Waals surface area contributed by atoms with Crippen molar-refractivity contribution in [1.82, 2.24) is 9.55 Å². The van der Waals surface area contributed by atoms with Gasteiger partial charge in [0.1, 0.15) is 12.4 Å². The number of hydrogen-bond acceptors (Lipinski definition) is 5. The number of esters is 1. The normalized spacial score (nSPS) is 17.0. The maximum Gasteiger partial charge on any atom is 0.321 e. The first-order chi connectivity index (χ1) is 18.1. The molecule has 7 heteroatoms. The first-order valence-electron chi connectivity index (χ1n) is 12.8. The molecule has 0 saturated heterocycles. The third-order valence-corrected chi connectivity index (χ3v) is 6.69. The maximum absolute atomic E-state index is 13.8. The van der Waals surface area contributed by atoms with E-state index in [0.29, 0.717) is 24.8 Å². The highest BCUT2D eigenvalue weighted by molar-refractivity contribution is 6.08. The Morgan fingerprint density at radius 2 is 1.68 bits per heavy atom. The van der Waals surface area contributed by atoms with Gasteiger partial charge in [0.15, 0.2) is 5.92 Å². The number of hydrogen-bond donors (Lipinski definition) is 0. The van der Waals surface area contributed by atoms with Crippen LogP contribution in [0.3, 0.4) is 0 Å². The molecule has 7 nitrogen and oxygen atoms in total. The van der Waals surface area contributed by atoms with E-state index in [2.05, 4.69) is 6.92 Å². The van der Waals surface area contributed by atoms with E-state index in [1.807, 2.05) is 83.4 Å². The summed E-state index contributed by atoms with van der Waals surface area (Å²) in [6.45, 7) is 4.98. The van der Waals surface area contributed by atoms with Crippen LogP contribution in [0.2, 0.25) is 0 Å². The van der Waals surface area contributed by atoms with Crippen molar-refractivity contribution in [3.8, 4) is 5.75 Å². The number of anilines is 1. The van der Waals surface area contributed by atoms with Gasteiger partial charge in [0.2, 0.25) is 11.9 Å². The van der Waals surface area contributed by atoms with Crippen LogP contribution in [-0.4, -0.2) is 34.6 Å². The summed E-state index contributed by atoms with van der Waals surface area (Å²) in [6, 6.07) is 24.8. The van der Waals surface area contributed by atoms with Gasteiger partial charge in [0.25, 0.3) is 0 Å². The maximum atomic E-state index is 13.8. The predicted molar refractivity (Wildman–Crippen MR) is 142 cm³/mol. The Kier molecular flexibility index (Phi) is 7.21. The van der Waals surface area contributed by atoms with E-state index in [0.717, 1.165) is 35.0 Å². The van der Waals surface area contributed by atoms with Gasteiger partial charge in [-0.15, -0.1) is 0 Å². The first-order valence-corrected chi connectivity index (χ1v) is 12.8. The molecule has 2 atom stereocenters. The lowest BCUT2D eigenvalue weighted by atomic mass is 9.89. The van der Waals surface area contributed by atoms with Crippen LogP contribution in [0.1, 0.15) is 43.9 Å². The van der Waals surface area contributed by atoms with Crippen molar-refractivity contribution in [3.05, 3.63) is 90.0 Å². The molecular weight excluding hydrogens is 466 g/mol. The van der Waals surface area contributed by atoms with Crippen molar-refractivity contribution in [3.63, 3.8) is 0 Å². The van der Waals surface area contributed by atoms with Crippen molar-refractivity contribution in [2.24, 2.45) is 5.92 Å². The van der Waals surface area contributed by atoms with Crippen molar-refractivity contribution in [1.29, 1.82) is 0 Å². The zero-order valence-electron chi connectivity index (χ0n) is 21.2. The number of carbonyl (C=O) groups excluding carboxylic acids is 2. The third-order valence-electron chi connectivity index (χ3n) is 6.69. The van der Waals surface area contributed by atoms with Crippen LogP contribution >= 0.6 is 0 Å². The molecule has 2 heterocycles. The molecule has 0 saturated carbocycles. The van der Waals surface area contributed by atoms with Gasteiger partial charge in [-0.2, -0.15) is 0 Å². The Balaban J connectivity index is 1.56. The summed E-state index contributed by atoms with van der Waals surface area (Å²) in [7, 11) is 0. The molecule has 0 spiro atoms. The van der Waals surface area contributed by atoms with Gasteiger partial charge in [0, 0.05) is 6.54 Å². The topological polar surface area (TPSA) is 73.7 Å². The Morgan fingerprint density at radius 3 is 2.41 bits per heavy atom. The summed E-state index contributed by atoms with van der Waals surface area (Å²) in [5.74, 6) is -0.536. The average Bonchev–Trinajstić information content (AvgIpc) is 3.31. The monoisotopic (exact) mass is 497 g/mol. The van der Waals surface area contributed by atoms with Crippen LogP contribution in [0.5, 0.6) is 5.75 Å². The second-order valence-electron chi connectivity index (χ2n) is 9.13. The van der Waals surface area contributed by atoms with E-state index < -0.39 is 17.9 Å². The number of nitrogens with zero attached hydrogens (tertiary/aromatic N) is 3. The van der Waals surface area contributed by atoms with E-state index >= 15 is 0 Å². The Bertz CT molecular complexity index is 1380. The van der Waals surface area contributed by atoms with Crippen LogP contribution in [0.4, 0.5) is 5.95 Å². The zero-order valence-corrected chi connectivity index (χ0v) is 21.2. The summed E-state index contributed by atoms with van der Waals surface area (Å²) >= 11 is 0. The van der Waals surface area contributed by atoms with E-state index in [-0.39, 0.29) is 12.5 Å². The number of rotatable bonds is 9. The van der Waals surface area contributed by atoms with E-state index in [1.54, 1.807) is 11.8 Å². The second-order valence-corrected chi connectivity index (χ2v) is 9.13. The van der Waals surface area contributed by atoms with Gasteiger partial charge < -0.3 is 14.0 Å². The fraction of sp³-hybridized carbons (Fsp3) is 0.300. The number of unbranched alkanes of at least 4 members (excludes halogenated alkanes) is 1. The number of para-hydroxylation sites is 2. The second kappa shape index (κ2) is 10.9. The standard InChI is InChI=1S/C30H31N3O4/c1-3-5-19-32-28(34)26(29(35)36-4-2)27(33-25-14-10-9-13-24(25)31-30(32)33)22-15-17-23(18-16-22)37-20-21-11-7-6-8-12-21/h6-18,26-27H,3-5,19-20H2,1-2H3. The highest BCUT2D eigenvalue weighted by atomic mass is 16.5. The Morgan fingerprint density at radius 1 is 0.946 bits per heavy atom. The number of amides is 1. The molecule has 1 aliphatic rings.